The standard InChI is InChI=1S/C19H13ClIN3O2/c20-17-7-6-14(23-18(25)12-3-1-4-13(21)9-12)10-16(17)19(26)24-15-5-2-8-22-11-15/h1-11H,(H,23,25)(H,24,26). The first-order valence-electron chi connectivity index (χ1n) is 7.61. The molecule has 0 radical (unpaired) electrons. The van der Waals surface area contributed by atoms with Crippen molar-refractivity contribution in [2.75, 3.05) is 10.6 Å². The molecule has 0 aliphatic rings. The molecule has 0 saturated carbocycles. The van der Waals surface area contributed by atoms with Crippen LogP contribution in [0.1, 0.15) is 20.7 Å². The van der Waals surface area contributed by atoms with Crippen molar-refractivity contribution in [3.8, 4) is 0 Å². The lowest BCUT2D eigenvalue weighted by Crippen LogP contribution is -2.15. The molecule has 2 N–H and O–H groups in total. The molecule has 0 aliphatic carbocycles. The van der Waals surface area contributed by atoms with Crippen molar-refractivity contribution in [1.29, 1.82) is 0 Å². The number of amides is 2. The third-order valence-electron chi connectivity index (χ3n) is 3.48. The summed E-state index contributed by atoms with van der Waals surface area (Å²) in [5.74, 6) is -0.641. The molecule has 1 heterocycles. The molecule has 26 heavy (non-hydrogen) atoms. The van der Waals surface area contributed by atoms with E-state index in [2.05, 4.69) is 38.2 Å². The van der Waals surface area contributed by atoms with Gasteiger partial charge in [0.15, 0.2) is 0 Å². The normalized spacial score (nSPS) is 10.2. The zero-order valence-electron chi connectivity index (χ0n) is 13.4. The molecule has 2 amide bonds. The Morgan fingerprint density at radius 1 is 0.923 bits per heavy atom. The number of nitrogens with one attached hydrogen (secondary N) is 2. The van der Waals surface area contributed by atoms with Gasteiger partial charge in [-0.3, -0.25) is 14.6 Å². The van der Waals surface area contributed by atoms with Gasteiger partial charge in [0, 0.05) is 21.0 Å². The number of nitrogens with zero attached hydrogens (tertiary/aromatic N) is 1. The molecule has 130 valence electrons. The number of halogens is 2. The summed E-state index contributed by atoms with van der Waals surface area (Å²) in [6, 6.07) is 15.4. The lowest BCUT2D eigenvalue weighted by molar-refractivity contribution is 0.101. The van der Waals surface area contributed by atoms with E-state index in [-0.39, 0.29) is 17.4 Å². The second-order valence-electron chi connectivity index (χ2n) is 5.35. The molecule has 1 aromatic heterocycles. The van der Waals surface area contributed by atoms with Crippen LogP contribution >= 0.6 is 34.2 Å². The monoisotopic (exact) mass is 477 g/mol. The summed E-state index contributed by atoms with van der Waals surface area (Å²) in [6.45, 7) is 0. The van der Waals surface area contributed by atoms with Gasteiger partial charge in [-0.1, -0.05) is 17.7 Å². The van der Waals surface area contributed by atoms with E-state index in [0.29, 0.717) is 22.0 Å². The van der Waals surface area contributed by atoms with Gasteiger partial charge in [0.1, 0.15) is 0 Å². The van der Waals surface area contributed by atoms with Gasteiger partial charge in [-0.05, 0) is 71.1 Å². The van der Waals surface area contributed by atoms with E-state index in [0.717, 1.165) is 3.57 Å². The van der Waals surface area contributed by atoms with Crippen molar-refractivity contribution < 1.29 is 9.59 Å². The minimum Gasteiger partial charge on any atom is -0.322 e. The number of pyridine rings is 1. The molecular formula is C19H13ClIN3O2. The fraction of sp³-hybridized carbons (Fsp3) is 0. The van der Waals surface area contributed by atoms with Gasteiger partial charge in [0.25, 0.3) is 11.8 Å². The van der Waals surface area contributed by atoms with E-state index in [1.807, 2.05) is 12.1 Å². The molecule has 0 spiro atoms. The number of carbonyl (C=O) groups excluding carboxylic acids is 2. The first-order valence-corrected chi connectivity index (χ1v) is 9.06. The maximum atomic E-state index is 12.5. The number of aromatic nitrogens is 1. The van der Waals surface area contributed by atoms with Crippen LogP contribution in [0.15, 0.2) is 67.0 Å². The fourth-order valence-corrected chi connectivity index (χ4v) is 2.99. The maximum Gasteiger partial charge on any atom is 0.257 e. The van der Waals surface area contributed by atoms with Gasteiger partial charge < -0.3 is 10.6 Å². The van der Waals surface area contributed by atoms with Crippen LogP contribution in [0.3, 0.4) is 0 Å². The molecule has 2 aromatic carbocycles. The smallest absolute Gasteiger partial charge is 0.257 e. The number of benzene rings is 2. The fourth-order valence-electron chi connectivity index (χ4n) is 2.25. The molecule has 5 nitrogen and oxygen atoms in total. The SMILES string of the molecule is O=C(Nc1ccc(Cl)c(C(=O)Nc2cccnc2)c1)c1cccc(I)c1. The third kappa shape index (κ3) is 4.59. The average Bonchev–Trinajstić information content (AvgIpc) is 2.64. The van der Waals surface area contributed by atoms with Crippen LogP contribution in [0.2, 0.25) is 5.02 Å². The highest BCUT2D eigenvalue weighted by atomic mass is 127. The number of anilines is 2. The second-order valence-corrected chi connectivity index (χ2v) is 7.01. The summed E-state index contributed by atoms with van der Waals surface area (Å²) in [7, 11) is 0. The molecule has 0 bridgehead atoms. The predicted molar refractivity (Wildman–Crippen MR) is 111 cm³/mol. The Bertz CT molecular complexity index is 964. The van der Waals surface area contributed by atoms with Crippen LogP contribution in [0, 0.1) is 3.57 Å². The van der Waals surface area contributed by atoms with E-state index in [1.165, 1.54) is 6.20 Å². The Hall–Kier alpha value is -2.45. The minimum atomic E-state index is -0.381. The summed E-state index contributed by atoms with van der Waals surface area (Å²) in [4.78, 5) is 28.8. The van der Waals surface area contributed by atoms with Gasteiger partial charge in [-0.25, -0.2) is 0 Å². The Kier molecular flexibility index (Phi) is 5.85. The van der Waals surface area contributed by atoms with Gasteiger partial charge in [0.05, 0.1) is 22.5 Å². The van der Waals surface area contributed by atoms with Gasteiger partial charge in [-0.2, -0.15) is 0 Å². The molecular weight excluding hydrogens is 465 g/mol. The van der Waals surface area contributed by atoms with Crippen molar-refractivity contribution in [3.63, 3.8) is 0 Å². The topological polar surface area (TPSA) is 71.1 Å². The largest absolute Gasteiger partial charge is 0.322 e. The first-order chi connectivity index (χ1) is 12.5. The molecule has 0 saturated heterocycles. The molecule has 3 aromatic rings. The van der Waals surface area contributed by atoms with Crippen LogP contribution in [-0.4, -0.2) is 16.8 Å². The van der Waals surface area contributed by atoms with E-state index in [1.54, 1.807) is 48.7 Å². The van der Waals surface area contributed by atoms with Crippen molar-refractivity contribution in [1.82, 2.24) is 4.98 Å². The van der Waals surface area contributed by atoms with Gasteiger partial charge in [-0.15, -0.1) is 0 Å². The van der Waals surface area contributed by atoms with E-state index < -0.39 is 0 Å². The summed E-state index contributed by atoms with van der Waals surface area (Å²) >= 11 is 8.28. The van der Waals surface area contributed by atoms with Crippen LogP contribution in [-0.2, 0) is 0 Å². The minimum absolute atomic E-state index is 0.260. The van der Waals surface area contributed by atoms with Crippen molar-refractivity contribution in [2.45, 2.75) is 0 Å². The summed E-state index contributed by atoms with van der Waals surface area (Å²) in [6.07, 6.45) is 3.15. The van der Waals surface area contributed by atoms with Crippen molar-refractivity contribution in [3.05, 3.63) is 86.7 Å². The molecule has 7 heteroatoms. The predicted octanol–water partition coefficient (Wildman–Crippen LogP) is 4.84. The van der Waals surface area contributed by atoms with Crippen molar-refractivity contribution >= 4 is 57.4 Å². The lowest BCUT2D eigenvalue weighted by atomic mass is 10.1. The lowest BCUT2D eigenvalue weighted by Gasteiger charge is -2.10. The van der Waals surface area contributed by atoms with Crippen molar-refractivity contribution in [2.24, 2.45) is 0 Å². The zero-order valence-corrected chi connectivity index (χ0v) is 16.3. The molecule has 0 fully saturated rings. The Morgan fingerprint density at radius 3 is 2.46 bits per heavy atom. The second kappa shape index (κ2) is 8.29. The van der Waals surface area contributed by atoms with E-state index in [9.17, 15) is 9.59 Å². The highest BCUT2D eigenvalue weighted by Crippen LogP contribution is 2.22. The highest BCUT2D eigenvalue weighted by Gasteiger charge is 2.13. The molecule has 0 atom stereocenters. The van der Waals surface area contributed by atoms with Crippen LogP contribution in [0.5, 0.6) is 0 Å². The summed E-state index contributed by atoms with van der Waals surface area (Å²) in [5.41, 5.74) is 1.83. The summed E-state index contributed by atoms with van der Waals surface area (Å²) in [5, 5.41) is 5.79. The third-order valence-corrected chi connectivity index (χ3v) is 4.48. The number of hydrogen-bond acceptors (Lipinski definition) is 3. The quantitative estimate of drug-likeness (QED) is 0.528. The maximum absolute atomic E-state index is 12.5. The molecule has 3 rings (SSSR count). The number of rotatable bonds is 4. The van der Waals surface area contributed by atoms with Gasteiger partial charge in [0.2, 0.25) is 0 Å². The van der Waals surface area contributed by atoms with E-state index >= 15 is 0 Å². The zero-order chi connectivity index (χ0) is 18.5. The van der Waals surface area contributed by atoms with Crippen LogP contribution in [0.4, 0.5) is 11.4 Å². The Morgan fingerprint density at radius 2 is 1.73 bits per heavy atom. The molecule has 0 unspecified atom stereocenters. The number of carbonyl (C=O) groups is 2. The Balaban J connectivity index is 1.79. The Labute approximate surface area is 168 Å². The first kappa shape index (κ1) is 18.3. The highest BCUT2D eigenvalue weighted by molar-refractivity contribution is 14.1. The van der Waals surface area contributed by atoms with E-state index in [4.69, 9.17) is 11.6 Å². The van der Waals surface area contributed by atoms with Crippen LogP contribution in [0.25, 0.3) is 0 Å². The summed E-state index contributed by atoms with van der Waals surface area (Å²) < 4.78 is 0.961. The van der Waals surface area contributed by atoms with Gasteiger partial charge >= 0.3 is 0 Å². The molecule has 0 aliphatic heterocycles. The number of hydrogen-bond donors (Lipinski definition) is 2. The average molecular weight is 478 g/mol. The van der Waals surface area contributed by atoms with Crippen LogP contribution < -0.4 is 10.6 Å².